The molecule has 0 spiro atoms. The molecule has 0 heterocycles. The van der Waals surface area contributed by atoms with Crippen LogP contribution in [-0.4, -0.2) is 0 Å². The maximum absolute atomic E-state index is 6.24. The van der Waals surface area contributed by atoms with Gasteiger partial charge in [-0.25, -0.2) is 0 Å². The molecule has 0 aliphatic rings. The molecule has 100 valence electrons. The van der Waals surface area contributed by atoms with Crippen LogP contribution in [0.15, 0.2) is 42.5 Å². The van der Waals surface area contributed by atoms with Crippen LogP contribution in [0.25, 0.3) is 0 Å². The molecule has 19 heavy (non-hydrogen) atoms. The number of hydrogen-bond donors (Lipinski definition) is 1. The molecule has 0 aromatic heterocycles. The van der Waals surface area contributed by atoms with Crippen molar-refractivity contribution in [1.82, 2.24) is 5.32 Å². The number of rotatable bonds is 4. The minimum Gasteiger partial charge on any atom is -0.306 e. The van der Waals surface area contributed by atoms with Gasteiger partial charge in [-0.15, -0.1) is 0 Å². The van der Waals surface area contributed by atoms with E-state index in [0.717, 1.165) is 17.1 Å². The molecule has 1 atom stereocenters. The second kappa shape index (κ2) is 6.23. The van der Waals surface area contributed by atoms with Gasteiger partial charge in [-0.1, -0.05) is 53.6 Å². The van der Waals surface area contributed by atoms with E-state index in [2.05, 4.69) is 62.5 Å². The van der Waals surface area contributed by atoms with Gasteiger partial charge in [-0.3, -0.25) is 0 Å². The SMILES string of the molecule is Cc1cccc([C@@H](C)NCc2ccc(C)cc2Cl)c1. The van der Waals surface area contributed by atoms with Gasteiger partial charge in [0, 0.05) is 17.6 Å². The molecule has 0 fully saturated rings. The van der Waals surface area contributed by atoms with Crippen LogP contribution in [0, 0.1) is 13.8 Å². The minimum absolute atomic E-state index is 0.317. The topological polar surface area (TPSA) is 12.0 Å². The predicted molar refractivity (Wildman–Crippen MR) is 82.6 cm³/mol. The highest BCUT2D eigenvalue weighted by Gasteiger charge is 2.06. The zero-order chi connectivity index (χ0) is 13.8. The van der Waals surface area contributed by atoms with Gasteiger partial charge in [-0.05, 0) is 43.5 Å². The van der Waals surface area contributed by atoms with Gasteiger partial charge in [0.1, 0.15) is 0 Å². The fourth-order valence-electron chi connectivity index (χ4n) is 2.12. The van der Waals surface area contributed by atoms with E-state index in [1.54, 1.807) is 0 Å². The first-order valence-electron chi connectivity index (χ1n) is 6.61. The maximum Gasteiger partial charge on any atom is 0.0453 e. The zero-order valence-electron chi connectivity index (χ0n) is 11.7. The van der Waals surface area contributed by atoms with E-state index >= 15 is 0 Å². The lowest BCUT2D eigenvalue weighted by Gasteiger charge is -2.15. The van der Waals surface area contributed by atoms with Crippen molar-refractivity contribution in [1.29, 1.82) is 0 Å². The monoisotopic (exact) mass is 273 g/mol. The van der Waals surface area contributed by atoms with Crippen molar-refractivity contribution in [2.24, 2.45) is 0 Å². The molecule has 0 amide bonds. The second-order valence-corrected chi connectivity index (χ2v) is 5.52. The second-order valence-electron chi connectivity index (χ2n) is 5.11. The van der Waals surface area contributed by atoms with E-state index < -0.39 is 0 Å². The Morgan fingerprint density at radius 2 is 1.79 bits per heavy atom. The number of benzene rings is 2. The van der Waals surface area contributed by atoms with Gasteiger partial charge in [0.2, 0.25) is 0 Å². The summed E-state index contributed by atoms with van der Waals surface area (Å²) in [7, 11) is 0. The smallest absolute Gasteiger partial charge is 0.0453 e. The minimum atomic E-state index is 0.317. The van der Waals surface area contributed by atoms with Crippen LogP contribution in [0.5, 0.6) is 0 Å². The van der Waals surface area contributed by atoms with Crippen LogP contribution < -0.4 is 5.32 Å². The van der Waals surface area contributed by atoms with E-state index in [-0.39, 0.29) is 0 Å². The molecule has 1 nitrogen and oxygen atoms in total. The number of aryl methyl sites for hydroxylation is 2. The Balaban J connectivity index is 2.02. The van der Waals surface area contributed by atoms with Crippen molar-refractivity contribution in [2.45, 2.75) is 33.4 Å². The lowest BCUT2D eigenvalue weighted by molar-refractivity contribution is 0.574. The molecule has 2 rings (SSSR count). The van der Waals surface area contributed by atoms with Crippen molar-refractivity contribution >= 4 is 11.6 Å². The summed E-state index contributed by atoms with van der Waals surface area (Å²) in [4.78, 5) is 0. The molecule has 0 aliphatic carbocycles. The number of nitrogens with one attached hydrogen (secondary N) is 1. The first-order chi connectivity index (χ1) is 9.06. The summed E-state index contributed by atoms with van der Waals surface area (Å²) in [5.41, 5.74) is 4.94. The van der Waals surface area contributed by atoms with Crippen LogP contribution in [0.3, 0.4) is 0 Å². The first kappa shape index (κ1) is 14.1. The lowest BCUT2D eigenvalue weighted by Crippen LogP contribution is -2.18. The Hall–Kier alpha value is -1.31. The van der Waals surface area contributed by atoms with E-state index in [0.29, 0.717) is 6.04 Å². The third-order valence-electron chi connectivity index (χ3n) is 3.35. The van der Waals surface area contributed by atoms with Gasteiger partial charge in [0.15, 0.2) is 0 Å². The standard InChI is InChI=1S/C17H20ClN/c1-12-5-4-6-15(9-12)14(3)19-11-16-8-7-13(2)10-17(16)18/h4-10,14,19H,11H2,1-3H3/t14-/m1/s1. The van der Waals surface area contributed by atoms with Gasteiger partial charge in [0.25, 0.3) is 0 Å². The van der Waals surface area contributed by atoms with Gasteiger partial charge >= 0.3 is 0 Å². The van der Waals surface area contributed by atoms with Crippen molar-refractivity contribution in [3.8, 4) is 0 Å². The fraction of sp³-hybridized carbons (Fsp3) is 0.294. The zero-order valence-corrected chi connectivity index (χ0v) is 12.5. The summed E-state index contributed by atoms with van der Waals surface area (Å²) in [5, 5.41) is 4.36. The third-order valence-corrected chi connectivity index (χ3v) is 3.70. The summed E-state index contributed by atoms with van der Waals surface area (Å²) >= 11 is 6.24. The van der Waals surface area contributed by atoms with Crippen molar-refractivity contribution in [2.75, 3.05) is 0 Å². The van der Waals surface area contributed by atoms with Gasteiger partial charge < -0.3 is 5.32 Å². The molecule has 1 N–H and O–H groups in total. The molecule has 0 saturated heterocycles. The van der Waals surface area contributed by atoms with Crippen LogP contribution >= 0.6 is 11.6 Å². The highest BCUT2D eigenvalue weighted by Crippen LogP contribution is 2.19. The number of halogens is 1. The average molecular weight is 274 g/mol. The normalized spacial score (nSPS) is 12.4. The van der Waals surface area contributed by atoms with E-state index in [4.69, 9.17) is 11.6 Å². The molecular formula is C17H20ClN. The Morgan fingerprint density at radius 1 is 1.05 bits per heavy atom. The Bertz CT molecular complexity index is 563. The molecule has 2 heteroatoms. The van der Waals surface area contributed by atoms with Crippen molar-refractivity contribution in [3.63, 3.8) is 0 Å². The van der Waals surface area contributed by atoms with Gasteiger partial charge in [0.05, 0.1) is 0 Å². The van der Waals surface area contributed by atoms with Crippen molar-refractivity contribution in [3.05, 3.63) is 69.7 Å². The molecular weight excluding hydrogens is 254 g/mol. The van der Waals surface area contributed by atoms with Crippen LogP contribution in [0.4, 0.5) is 0 Å². The Morgan fingerprint density at radius 3 is 2.47 bits per heavy atom. The fourth-order valence-corrected chi connectivity index (χ4v) is 2.42. The largest absolute Gasteiger partial charge is 0.306 e. The molecule has 0 aliphatic heterocycles. The summed E-state index contributed by atoms with van der Waals surface area (Å²) in [6.07, 6.45) is 0. The van der Waals surface area contributed by atoms with Crippen LogP contribution in [0.1, 0.15) is 35.2 Å². The van der Waals surface area contributed by atoms with Gasteiger partial charge in [-0.2, -0.15) is 0 Å². The predicted octanol–water partition coefficient (Wildman–Crippen LogP) is 4.81. The molecule has 0 saturated carbocycles. The highest BCUT2D eigenvalue weighted by molar-refractivity contribution is 6.31. The summed E-state index contributed by atoms with van der Waals surface area (Å²) in [5.74, 6) is 0. The Labute approximate surface area is 120 Å². The quantitative estimate of drug-likeness (QED) is 0.843. The molecule has 2 aromatic carbocycles. The maximum atomic E-state index is 6.24. The third kappa shape index (κ3) is 3.82. The summed E-state index contributed by atoms with van der Waals surface area (Å²) < 4.78 is 0. The molecule has 0 radical (unpaired) electrons. The number of hydrogen-bond acceptors (Lipinski definition) is 1. The van der Waals surface area contributed by atoms with E-state index in [9.17, 15) is 0 Å². The molecule has 2 aromatic rings. The van der Waals surface area contributed by atoms with E-state index in [1.165, 1.54) is 16.7 Å². The Kier molecular flexibility index (Phi) is 4.62. The van der Waals surface area contributed by atoms with E-state index in [1.807, 2.05) is 6.07 Å². The summed E-state index contributed by atoms with van der Waals surface area (Å²) in [6.45, 7) is 7.14. The summed E-state index contributed by atoms with van der Waals surface area (Å²) in [6, 6.07) is 15.1. The first-order valence-corrected chi connectivity index (χ1v) is 6.99. The molecule has 0 bridgehead atoms. The highest BCUT2D eigenvalue weighted by atomic mass is 35.5. The average Bonchev–Trinajstić information content (AvgIpc) is 2.37. The molecule has 0 unspecified atom stereocenters. The van der Waals surface area contributed by atoms with Crippen LogP contribution in [-0.2, 0) is 6.54 Å². The lowest BCUT2D eigenvalue weighted by atomic mass is 10.1. The van der Waals surface area contributed by atoms with Crippen molar-refractivity contribution < 1.29 is 0 Å². The van der Waals surface area contributed by atoms with Crippen LogP contribution in [0.2, 0.25) is 5.02 Å².